The van der Waals surface area contributed by atoms with Crippen molar-refractivity contribution in [2.45, 2.75) is 44.0 Å². The van der Waals surface area contributed by atoms with Gasteiger partial charge in [-0.05, 0) is 41.7 Å². The molecule has 6 heteroatoms. The first-order valence-corrected chi connectivity index (χ1v) is 9.87. The quantitative estimate of drug-likeness (QED) is 0.817. The molecule has 0 amide bonds. The van der Waals surface area contributed by atoms with Crippen LogP contribution < -0.4 is 9.46 Å². The third-order valence-corrected chi connectivity index (χ3v) is 5.88. The predicted molar refractivity (Wildman–Crippen MR) is 102 cm³/mol. The van der Waals surface area contributed by atoms with E-state index in [-0.39, 0.29) is 21.4 Å². The molecule has 0 fully saturated rings. The molecule has 0 heterocycles. The number of hydrogen-bond acceptors (Lipinski definition) is 3. The van der Waals surface area contributed by atoms with Crippen LogP contribution in [0.3, 0.4) is 0 Å². The summed E-state index contributed by atoms with van der Waals surface area (Å²) in [6.07, 6.45) is 0. The van der Waals surface area contributed by atoms with E-state index < -0.39 is 10.0 Å². The van der Waals surface area contributed by atoms with Crippen molar-refractivity contribution in [3.63, 3.8) is 0 Å². The van der Waals surface area contributed by atoms with Gasteiger partial charge in [0, 0.05) is 6.04 Å². The molecule has 25 heavy (non-hydrogen) atoms. The van der Waals surface area contributed by atoms with E-state index in [0.717, 1.165) is 5.56 Å². The van der Waals surface area contributed by atoms with Crippen LogP contribution in [0.1, 0.15) is 44.9 Å². The van der Waals surface area contributed by atoms with E-state index in [1.54, 1.807) is 6.07 Å². The van der Waals surface area contributed by atoms with Gasteiger partial charge in [0.1, 0.15) is 5.75 Å². The number of hydrogen-bond donors (Lipinski definition) is 1. The van der Waals surface area contributed by atoms with Gasteiger partial charge in [0.15, 0.2) is 0 Å². The van der Waals surface area contributed by atoms with Crippen LogP contribution in [0.2, 0.25) is 5.02 Å². The number of halogens is 1. The average molecular weight is 382 g/mol. The molecular formula is C19H24ClNO3S. The molecule has 0 aliphatic carbocycles. The molecule has 0 radical (unpaired) electrons. The first-order valence-electron chi connectivity index (χ1n) is 8.01. The van der Waals surface area contributed by atoms with Crippen LogP contribution in [0.4, 0.5) is 0 Å². The fraction of sp³-hybridized carbons (Fsp3) is 0.368. The predicted octanol–water partition coefficient (Wildman–Crippen LogP) is 4.69. The van der Waals surface area contributed by atoms with Crippen molar-refractivity contribution in [1.29, 1.82) is 0 Å². The topological polar surface area (TPSA) is 55.4 Å². The van der Waals surface area contributed by atoms with Crippen LogP contribution in [-0.4, -0.2) is 15.5 Å². The van der Waals surface area contributed by atoms with Gasteiger partial charge in [0.25, 0.3) is 0 Å². The summed E-state index contributed by atoms with van der Waals surface area (Å²) in [7, 11) is -2.20. The minimum Gasteiger partial charge on any atom is -0.495 e. The molecule has 2 rings (SSSR count). The van der Waals surface area contributed by atoms with Crippen LogP contribution >= 0.6 is 11.6 Å². The molecule has 136 valence electrons. The van der Waals surface area contributed by atoms with Crippen molar-refractivity contribution in [1.82, 2.24) is 4.72 Å². The second-order valence-electron chi connectivity index (χ2n) is 7.01. The molecule has 1 N–H and O–H groups in total. The Morgan fingerprint density at radius 3 is 2.16 bits per heavy atom. The van der Waals surface area contributed by atoms with Crippen molar-refractivity contribution < 1.29 is 13.2 Å². The maximum atomic E-state index is 12.6. The number of methoxy groups -OCH3 is 1. The van der Waals surface area contributed by atoms with Gasteiger partial charge in [-0.2, -0.15) is 0 Å². The molecule has 0 bridgehead atoms. The van der Waals surface area contributed by atoms with Gasteiger partial charge in [-0.1, -0.05) is 56.6 Å². The van der Waals surface area contributed by atoms with Gasteiger partial charge < -0.3 is 4.74 Å². The highest BCUT2D eigenvalue weighted by Crippen LogP contribution is 2.28. The Bertz CT molecular complexity index is 840. The molecule has 1 atom stereocenters. The second-order valence-corrected chi connectivity index (χ2v) is 9.13. The molecule has 0 unspecified atom stereocenters. The normalized spacial score (nSPS) is 13.5. The summed E-state index contributed by atoms with van der Waals surface area (Å²) in [4.78, 5) is 0.108. The summed E-state index contributed by atoms with van der Waals surface area (Å²) in [6.45, 7) is 8.24. The molecule has 0 spiro atoms. The van der Waals surface area contributed by atoms with E-state index in [0.29, 0.717) is 5.75 Å². The van der Waals surface area contributed by atoms with Crippen molar-refractivity contribution in [2.24, 2.45) is 0 Å². The summed E-state index contributed by atoms with van der Waals surface area (Å²) >= 11 is 6.03. The minimum atomic E-state index is -3.68. The third kappa shape index (κ3) is 4.75. The number of rotatable bonds is 5. The lowest BCUT2D eigenvalue weighted by Crippen LogP contribution is -2.27. The second kappa shape index (κ2) is 7.36. The third-order valence-electron chi connectivity index (χ3n) is 4.04. The first-order chi connectivity index (χ1) is 11.5. The van der Waals surface area contributed by atoms with Crippen molar-refractivity contribution in [2.75, 3.05) is 7.11 Å². The SMILES string of the molecule is COc1ccc(S(=O)(=O)N[C@H](C)c2ccc(C(C)(C)C)cc2)cc1Cl. The van der Waals surface area contributed by atoms with Gasteiger partial charge in [-0.3, -0.25) is 0 Å². The molecule has 0 saturated carbocycles. The zero-order valence-electron chi connectivity index (χ0n) is 15.1. The van der Waals surface area contributed by atoms with Gasteiger partial charge >= 0.3 is 0 Å². The van der Waals surface area contributed by atoms with E-state index in [1.165, 1.54) is 24.8 Å². The lowest BCUT2D eigenvalue weighted by molar-refractivity contribution is 0.414. The van der Waals surface area contributed by atoms with E-state index >= 15 is 0 Å². The highest BCUT2D eigenvalue weighted by atomic mass is 35.5. The Hall–Kier alpha value is -1.56. The first kappa shape index (κ1) is 19.8. The van der Waals surface area contributed by atoms with E-state index in [2.05, 4.69) is 25.5 Å². The van der Waals surface area contributed by atoms with E-state index in [1.807, 2.05) is 31.2 Å². The Balaban J connectivity index is 2.21. The van der Waals surface area contributed by atoms with Crippen LogP contribution in [0.25, 0.3) is 0 Å². The Labute approximate surface area is 155 Å². The molecular weight excluding hydrogens is 358 g/mol. The smallest absolute Gasteiger partial charge is 0.241 e. The molecule has 0 aromatic heterocycles. The Morgan fingerprint density at radius 2 is 1.68 bits per heavy atom. The summed E-state index contributed by atoms with van der Waals surface area (Å²) in [6, 6.07) is 12.0. The Morgan fingerprint density at radius 1 is 1.08 bits per heavy atom. The van der Waals surface area contributed by atoms with Crippen molar-refractivity contribution in [3.8, 4) is 5.75 Å². The van der Waals surface area contributed by atoms with Gasteiger partial charge in [0.05, 0.1) is 17.0 Å². The zero-order chi connectivity index (χ0) is 18.8. The molecule has 0 aliphatic heterocycles. The maximum absolute atomic E-state index is 12.6. The minimum absolute atomic E-state index is 0.0567. The van der Waals surface area contributed by atoms with E-state index in [9.17, 15) is 8.42 Å². The fourth-order valence-electron chi connectivity index (χ4n) is 2.45. The monoisotopic (exact) mass is 381 g/mol. The van der Waals surface area contributed by atoms with E-state index in [4.69, 9.17) is 16.3 Å². The van der Waals surface area contributed by atoms with Crippen LogP contribution in [0, 0.1) is 0 Å². The molecule has 2 aromatic carbocycles. The standard InChI is InChI=1S/C19H24ClNO3S/c1-13(14-6-8-15(9-7-14)19(2,3)4)21-25(22,23)16-10-11-18(24-5)17(20)12-16/h6-13,21H,1-5H3/t13-/m1/s1. The number of nitrogens with one attached hydrogen (secondary N) is 1. The Kier molecular flexibility index (Phi) is 5.82. The summed E-state index contributed by atoms with van der Waals surface area (Å²) in [5, 5.41) is 0.257. The highest BCUT2D eigenvalue weighted by molar-refractivity contribution is 7.89. The van der Waals surface area contributed by atoms with Crippen LogP contribution in [0.5, 0.6) is 5.75 Å². The maximum Gasteiger partial charge on any atom is 0.241 e. The van der Waals surface area contributed by atoms with Gasteiger partial charge in [0.2, 0.25) is 10.0 Å². The number of benzene rings is 2. The largest absolute Gasteiger partial charge is 0.495 e. The summed E-state index contributed by atoms with van der Waals surface area (Å²) < 4.78 is 32.9. The summed E-state index contributed by atoms with van der Waals surface area (Å²) in [5.41, 5.74) is 2.16. The molecule has 0 saturated heterocycles. The molecule has 0 aliphatic rings. The average Bonchev–Trinajstić information content (AvgIpc) is 2.53. The van der Waals surface area contributed by atoms with Gasteiger partial charge in [-0.25, -0.2) is 13.1 Å². The number of ether oxygens (including phenoxy) is 1. The molecule has 4 nitrogen and oxygen atoms in total. The van der Waals surface area contributed by atoms with Gasteiger partial charge in [-0.15, -0.1) is 0 Å². The van der Waals surface area contributed by atoms with Crippen molar-refractivity contribution >= 4 is 21.6 Å². The molecule has 2 aromatic rings. The lowest BCUT2D eigenvalue weighted by atomic mass is 9.86. The highest BCUT2D eigenvalue weighted by Gasteiger charge is 2.20. The van der Waals surface area contributed by atoms with Crippen molar-refractivity contribution in [3.05, 3.63) is 58.6 Å². The lowest BCUT2D eigenvalue weighted by Gasteiger charge is -2.21. The fourth-order valence-corrected chi connectivity index (χ4v) is 4.04. The summed E-state index contributed by atoms with van der Waals surface area (Å²) in [5.74, 6) is 0.437. The zero-order valence-corrected chi connectivity index (χ0v) is 16.7. The van der Waals surface area contributed by atoms with Crippen LogP contribution in [-0.2, 0) is 15.4 Å². The number of sulfonamides is 1. The van der Waals surface area contributed by atoms with Crippen LogP contribution in [0.15, 0.2) is 47.4 Å².